The zero-order chi connectivity index (χ0) is 13.8. The number of carbonyl (C=O) groups is 1. The first-order valence-electron chi connectivity index (χ1n) is 5.85. The lowest BCUT2D eigenvalue weighted by Crippen LogP contribution is -2.31. The third-order valence-corrected chi connectivity index (χ3v) is 2.73. The van der Waals surface area contributed by atoms with Crippen LogP contribution in [0.15, 0.2) is 18.2 Å². The van der Waals surface area contributed by atoms with Crippen molar-refractivity contribution in [1.82, 2.24) is 0 Å². The van der Waals surface area contributed by atoms with Gasteiger partial charge in [-0.15, -0.1) is 0 Å². The van der Waals surface area contributed by atoms with E-state index in [2.05, 4.69) is 11.4 Å². The van der Waals surface area contributed by atoms with Crippen molar-refractivity contribution in [2.75, 3.05) is 5.32 Å². The van der Waals surface area contributed by atoms with E-state index in [0.29, 0.717) is 12.0 Å². The number of benzene rings is 1. The van der Waals surface area contributed by atoms with Crippen LogP contribution in [-0.2, 0) is 4.79 Å². The van der Waals surface area contributed by atoms with Crippen molar-refractivity contribution in [1.29, 1.82) is 5.26 Å². The van der Waals surface area contributed by atoms with Crippen LogP contribution in [0.4, 0.5) is 5.69 Å². The van der Waals surface area contributed by atoms with E-state index in [0.717, 1.165) is 11.3 Å². The average molecular weight is 246 g/mol. The summed E-state index contributed by atoms with van der Waals surface area (Å²) in [5, 5.41) is 21.0. The molecule has 0 fully saturated rings. The number of nitrogens with zero attached hydrogens (tertiary/aromatic N) is 1. The van der Waals surface area contributed by atoms with Gasteiger partial charge in [-0.05, 0) is 44.9 Å². The molecule has 4 heteroatoms. The summed E-state index contributed by atoms with van der Waals surface area (Å²) in [5.74, 6) is -0.811. The van der Waals surface area contributed by atoms with Crippen LogP contribution in [0, 0.1) is 18.3 Å². The summed E-state index contributed by atoms with van der Waals surface area (Å²) in [6.45, 7) is 5.79. The third kappa shape index (κ3) is 4.10. The van der Waals surface area contributed by atoms with Gasteiger partial charge in [-0.3, -0.25) is 4.79 Å². The van der Waals surface area contributed by atoms with E-state index >= 15 is 0 Å². The van der Waals surface area contributed by atoms with Crippen LogP contribution in [0.5, 0.6) is 0 Å². The van der Waals surface area contributed by atoms with E-state index in [-0.39, 0.29) is 12.0 Å². The number of hydrogen-bond donors (Lipinski definition) is 2. The van der Waals surface area contributed by atoms with Crippen LogP contribution in [0.1, 0.15) is 37.8 Å². The minimum atomic E-state index is -0.811. The second kappa shape index (κ2) is 5.54. The van der Waals surface area contributed by atoms with E-state index in [1.54, 1.807) is 0 Å². The van der Waals surface area contributed by atoms with E-state index < -0.39 is 5.97 Å². The second-order valence-electron chi connectivity index (χ2n) is 5.06. The van der Waals surface area contributed by atoms with Crippen LogP contribution in [0.3, 0.4) is 0 Å². The van der Waals surface area contributed by atoms with E-state index in [1.165, 1.54) is 0 Å². The molecule has 0 radical (unpaired) electrons. The van der Waals surface area contributed by atoms with E-state index in [1.807, 2.05) is 39.0 Å². The fourth-order valence-electron chi connectivity index (χ4n) is 1.71. The molecule has 1 aromatic carbocycles. The first-order valence-corrected chi connectivity index (χ1v) is 5.85. The molecule has 0 aliphatic rings. The summed E-state index contributed by atoms with van der Waals surface area (Å²) in [4.78, 5) is 10.6. The minimum absolute atomic E-state index is 0.105. The van der Waals surface area contributed by atoms with Crippen molar-refractivity contribution in [2.45, 2.75) is 39.2 Å². The molecule has 1 rings (SSSR count). The maximum atomic E-state index is 10.6. The molecule has 0 saturated carbocycles. The van der Waals surface area contributed by atoms with Gasteiger partial charge in [-0.1, -0.05) is 6.07 Å². The summed E-state index contributed by atoms with van der Waals surface area (Å²) in [7, 11) is 0. The molecule has 0 aromatic heterocycles. The normalized spacial score (nSPS) is 10.8. The van der Waals surface area contributed by atoms with Crippen molar-refractivity contribution in [2.24, 2.45) is 0 Å². The summed E-state index contributed by atoms with van der Waals surface area (Å²) in [6, 6.07) is 7.74. The molecule has 0 atom stereocenters. The smallest absolute Gasteiger partial charge is 0.303 e. The Morgan fingerprint density at radius 1 is 1.50 bits per heavy atom. The summed E-state index contributed by atoms with van der Waals surface area (Å²) >= 11 is 0. The number of aryl methyl sites for hydroxylation is 1. The predicted octanol–water partition coefficient (Wildman–Crippen LogP) is 2.92. The maximum Gasteiger partial charge on any atom is 0.303 e. The van der Waals surface area contributed by atoms with Gasteiger partial charge in [-0.25, -0.2) is 0 Å². The number of carboxylic acids is 1. The molecule has 0 saturated heterocycles. The van der Waals surface area contributed by atoms with Gasteiger partial charge in [0.1, 0.15) is 6.07 Å². The monoisotopic (exact) mass is 246 g/mol. The Balaban J connectivity index is 2.83. The van der Waals surface area contributed by atoms with Gasteiger partial charge in [0.15, 0.2) is 0 Å². The van der Waals surface area contributed by atoms with Crippen LogP contribution in [0.25, 0.3) is 0 Å². The van der Waals surface area contributed by atoms with Crippen LogP contribution in [-0.4, -0.2) is 16.6 Å². The topological polar surface area (TPSA) is 73.1 Å². The molecule has 0 heterocycles. The maximum absolute atomic E-state index is 10.6. The largest absolute Gasteiger partial charge is 0.481 e. The Kier molecular flexibility index (Phi) is 4.33. The lowest BCUT2D eigenvalue weighted by Gasteiger charge is -2.27. The van der Waals surface area contributed by atoms with Crippen LogP contribution in [0.2, 0.25) is 0 Å². The van der Waals surface area contributed by atoms with Gasteiger partial charge in [0.2, 0.25) is 0 Å². The molecule has 18 heavy (non-hydrogen) atoms. The Labute approximate surface area is 107 Å². The molecular weight excluding hydrogens is 228 g/mol. The van der Waals surface area contributed by atoms with E-state index in [9.17, 15) is 4.79 Å². The molecule has 0 aliphatic carbocycles. The number of nitriles is 1. The number of hydrogen-bond acceptors (Lipinski definition) is 3. The predicted molar refractivity (Wildman–Crippen MR) is 70.5 cm³/mol. The molecule has 4 nitrogen and oxygen atoms in total. The SMILES string of the molecule is Cc1ccc(NC(C)(C)CCC(=O)O)c(C#N)c1. The molecule has 0 spiro atoms. The Bertz CT molecular complexity index is 487. The molecule has 0 aliphatic heterocycles. The second-order valence-corrected chi connectivity index (χ2v) is 5.06. The number of anilines is 1. The molecule has 0 bridgehead atoms. The number of carboxylic acid groups (broad SMARTS) is 1. The van der Waals surface area contributed by atoms with Crippen molar-refractivity contribution in [3.05, 3.63) is 29.3 Å². The summed E-state index contributed by atoms with van der Waals surface area (Å²) in [5.41, 5.74) is 2.00. The van der Waals surface area contributed by atoms with Gasteiger partial charge >= 0.3 is 5.97 Å². The standard InChI is InChI=1S/C14H18N2O2/c1-10-4-5-12(11(8-10)9-15)16-14(2,3)7-6-13(17)18/h4-5,8,16H,6-7H2,1-3H3,(H,17,18). The first kappa shape index (κ1) is 14.0. The highest BCUT2D eigenvalue weighted by Crippen LogP contribution is 2.23. The zero-order valence-electron chi connectivity index (χ0n) is 10.9. The van der Waals surface area contributed by atoms with Gasteiger partial charge in [0.05, 0.1) is 11.3 Å². The highest BCUT2D eigenvalue weighted by molar-refractivity contribution is 5.67. The van der Waals surface area contributed by atoms with Gasteiger partial charge < -0.3 is 10.4 Å². The average Bonchev–Trinajstić information content (AvgIpc) is 2.29. The minimum Gasteiger partial charge on any atom is -0.481 e. The highest BCUT2D eigenvalue weighted by Gasteiger charge is 2.20. The van der Waals surface area contributed by atoms with Crippen LogP contribution < -0.4 is 5.32 Å². The van der Waals surface area contributed by atoms with Crippen molar-refractivity contribution >= 4 is 11.7 Å². The third-order valence-electron chi connectivity index (χ3n) is 2.73. The molecule has 0 unspecified atom stereocenters. The lowest BCUT2D eigenvalue weighted by molar-refractivity contribution is -0.137. The van der Waals surface area contributed by atoms with Crippen molar-refractivity contribution in [3.63, 3.8) is 0 Å². The van der Waals surface area contributed by atoms with Gasteiger partial charge in [0.25, 0.3) is 0 Å². The fraction of sp³-hybridized carbons (Fsp3) is 0.429. The Morgan fingerprint density at radius 3 is 2.72 bits per heavy atom. The van der Waals surface area contributed by atoms with Gasteiger partial charge in [0, 0.05) is 12.0 Å². The molecular formula is C14H18N2O2. The Morgan fingerprint density at radius 2 is 2.17 bits per heavy atom. The number of nitrogens with one attached hydrogen (secondary N) is 1. The lowest BCUT2D eigenvalue weighted by atomic mass is 9.97. The molecule has 2 N–H and O–H groups in total. The van der Waals surface area contributed by atoms with Gasteiger partial charge in [-0.2, -0.15) is 5.26 Å². The summed E-state index contributed by atoms with van der Waals surface area (Å²) in [6.07, 6.45) is 0.606. The van der Waals surface area contributed by atoms with Crippen molar-refractivity contribution < 1.29 is 9.90 Å². The van der Waals surface area contributed by atoms with Crippen LogP contribution >= 0.6 is 0 Å². The first-order chi connectivity index (χ1) is 8.34. The molecule has 1 aromatic rings. The Hall–Kier alpha value is -2.02. The number of rotatable bonds is 5. The van der Waals surface area contributed by atoms with E-state index in [4.69, 9.17) is 10.4 Å². The zero-order valence-corrected chi connectivity index (χ0v) is 10.9. The number of aliphatic carboxylic acids is 1. The summed E-state index contributed by atoms with van der Waals surface area (Å²) < 4.78 is 0. The molecule has 96 valence electrons. The quantitative estimate of drug-likeness (QED) is 0.837. The van der Waals surface area contributed by atoms with Crippen molar-refractivity contribution in [3.8, 4) is 6.07 Å². The highest BCUT2D eigenvalue weighted by atomic mass is 16.4. The fourth-order valence-corrected chi connectivity index (χ4v) is 1.71. The molecule has 0 amide bonds.